The van der Waals surface area contributed by atoms with Crippen LogP contribution >= 0.6 is 0 Å². The monoisotopic (exact) mass is 369 g/mol. The summed E-state index contributed by atoms with van der Waals surface area (Å²) in [7, 11) is -1.77. The van der Waals surface area contributed by atoms with Gasteiger partial charge in [-0.3, -0.25) is 4.31 Å². The van der Waals surface area contributed by atoms with E-state index in [1.54, 1.807) is 18.2 Å². The maximum atomic E-state index is 12.3. The highest BCUT2D eigenvalue weighted by Crippen LogP contribution is 2.32. The Morgan fingerprint density at radius 3 is 2.72 bits per heavy atom. The molecule has 2 heterocycles. The fraction of sp³-hybridized carbons (Fsp3) is 0.562. The Morgan fingerprint density at radius 1 is 1.32 bits per heavy atom. The van der Waals surface area contributed by atoms with Crippen LogP contribution in [0.1, 0.15) is 19.3 Å². The predicted octanol–water partition coefficient (Wildman–Crippen LogP) is 1.54. The number of nitrogens with zero attached hydrogens (tertiary/aromatic N) is 1. The predicted molar refractivity (Wildman–Crippen MR) is 94.7 cm³/mol. The van der Waals surface area contributed by atoms with Crippen molar-refractivity contribution in [2.45, 2.75) is 25.3 Å². The number of benzene rings is 1. The molecule has 0 aromatic heterocycles. The van der Waals surface area contributed by atoms with Gasteiger partial charge < -0.3 is 20.1 Å². The van der Waals surface area contributed by atoms with Gasteiger partial charge in [-0.05, 0) is 37.5 Å². The second-order valence-corrected chi connectivity index (χ2v) is 8.12. The lowest BCUT2D eigenvalue weighted by molar-refractivity contribution is 0.0806. The average Bonchev–Trinajstić information content (AvgIpc) is 2.95. The van der Waals surface area contributed by atoms with Gasteiger partial charge in [-0.25, -0.2) is 13.2 Å². The molecule has 0 spiro atoms. The van der Waals surface area contributed by atoms with E-state index in [0.29, 0.717) is 43.3 Å². The van der Waals surface area contributed by atoms with Crippen LogP contribution in [0.4, 0.5) is 16.2 Å². The van der Waals surface area contributed by atoms with Crippen LogP contribution in [-0.2, 0) is 14.8 Å². The highest BCUT2D eigenvalue weighted by Gasteiger charge is 2.29. The van der Waals surface area contributed by atoms with Gasteiger partial charge in [-0.1, -0.05) is 0 Å². The molecule has 9 heteroatoms. The number of hydrogen-bond acceptors (Lipinski definition) is 5. The summed E-state index contributed by atoms with van der Waals surface area (Å²) < 4.78 is 36.1. The first-order chi connectivity index (χ1) is 12.0. The number of ether oxygens (including phenoxy) is 2. The van der Waals surface area contributed by atoms with E-state index >= 15 is 0 Å². The second kappa shape index (κ2) is 7.49. The average molecular weight is 369 g/mol. The molecule has 1 aromatic rings. The van der Waals surface area contributed by atoms with Crippen molar-refractivity contribution in [3.8, 4) is 5.75 Å². The van der Waals surface area contributed by atoms with E-state index in [9.17, 15) is 13.2 Å². The van der Waals surface area contributed by atoms with Crippen LogP contribution in [0.3, 0.4) is 0 Å². The SMILES string of the molecule is COc1ccc(N2CCCS2(=O)=O)cc1NC(=O)NC1CCOCC1. The molecule has 2 fully saturated rings. The van der Waals surface area contributed by atoms with E-state index in [1.807, 2.05) is 0 Å². The number of methoxy groups -OCH3 is 1. The fourth-order valence-corrected chi connectivity index (χ4v) is 4.62. The van der Waals surface area contributed by atoms with Crippen molar-refractivity contribution in [3.05, 3.63) is 18.2 Å². The van der Waals surface area contributed by atoms with Crippen molar-refractivity contribution in [2.75, 3.05) is 42.2 Å². The summed E-state index contributed by atoms with van der Waals surface area (Å²) in [6.45, 7) is 1.72. The molecule has 3 rings (SSSR count). The number of amides is 2. The third-order valence-electron chi connectivity index (χ3n) is 4.38. The minimum Gasteiger partial charge on any atom is -0.495 e. The molecule has 0 atom stereocenters. The largest absolute Gasteiger partial charge is 0.495 e. The minimum absolute atomic E-state index is 0.0712. The Balaban J connectivity index is 1.75. The van der Waals surface area contributed by atoms with Crippen molar-refractivity contribution in [3.63, 3.8) is 0 Å². The zero-order valence-corrected chi connectivity index (χ0v) is 15.0. The smallest absolute Gasteiger partial charge is 0.319 e. The highest BCUT2D eigenvalue weighted by molar-refractivity contribution is 7.93. The van der Waals surface area contributed by atoms with E-state index in [-0.39, 0.29) is 17.8 Å². The second-order valence-electron chi connectivity index (χ2n) is 6.11. The van der Waals surface area contributed by atoms with Crippen molar-refractivity contribution in [1.29, 1.82) is 0 Å². The number of nitrogens with one attached hydrogen (secondary N) is 2. The Morgan fingerprint density at radius 2 is 2.08 bits per heavy atom. The highest BCUT2D eigenvalue weighted by atomic mass is 32.2. The topological polar surface area (TPSA) is 97.0 Å². The van der Waals surface area contributed by atoms with Crippen molar-refractivity contribution < 1.29 is 22.7 Å². The van der Waals surface area contributed by atoms with Crippen molar-refractivity contribution in [1.82, 2.24) is 5.32 Å². The van der Waals surface area contributed by atoms with E-state index in [4.69, 9.17) is 9.47 Å². The van der Waals surface area contributed by atoms with Gasteiger partial charge in [0.2, 0.25) is 10.0 Å². The molecule has 25 heavy (non-hydrogen) atoms. The molecule has 0 saturated carbocycles. The van der Waals surface area contributed by atoms with Gasteiger partial charge in [0.05, 0.1) is 24.2 Å². The molecule has 1 aromatic carbocycles. The lowest BCUT2D eigenvalue weighted by Crippen LogP contribution is -2.41. The molecule has 2 amide bonds. The summed E-state index contributed by atoms with van der Waals surface area (Å²) in [4.78, 5) is 12.3. The molecule has 8 nitrogen and oxygen atoms in total. The van der Waals surface area contributed by atoms with E-state index in [2.05, 4.69) is 10.6 Å². The normalized spacial score (nSPS) is 20.3. The van der Waals surface area contributed by atoms with Crippen LogP contribution in [0.2, 0.25) is 0 Å². The first-order valence-corrected chi connectivity index (χ1v) is 9.94. The fourth-order valence-electron chi connectivity index (χ4n) is 3.06. The van der Waals surface area contributed by atoms with Gasteiger partial charge in [0.25, 0.3) is 0 Å². The van der Waals surface area contributed by atoms with Crippen LogP contribution in [-0.4, -0.2) is 53.1 Å². The van der Waals surface area contributed by atoms with Gasteiger partial charge in [-0.2, -0.15) is 0 Å². The Labute approximate surface area is 147 Å². The maximum absolute atomic E-state index is 12.3. The number of sulfonamides is 1. The van der Waals surface area contributed by atoms with E-state index in [1.165, 1.54) is 11.4 Å². The van der Waals surface area contributed by atoms with Crippen LogP contribution in [0.15, 0.2) is 18.2 Å². The molecule has 0 bridgehead atoms. The summed E-state index contributed by atoms with van der Waals surface area (Å²) >= 11 is 0. The molecular formula is C16H23N3O5S. The molecule has 2 aliphatic rings. The van der Waals surface area contributed by atoms with E-state index < -0.39 is 10.0 Å². The Bertz CT molecular complexity index is 731. The lowest BCUT2D eigenvalue weighted by Gasteiger charge is -2.24. The van der Waals surface area contributed by atoms with E-state index in [0.717, 1.165) is 12.8 Å². The summed E-state index contributed by atoms with van der Waals surface area (Å²) in [5, 5.41) is 5.67. The zero-order valence-electron chi connectivity index (χ0n) is 14.2. The van der Waals surface area contributed by atoms with Gasteiger partial charge in [0.1, 0.15) is 5.75 Å². The zero-order chi connectivity index (χ0) is 17.9. The van der Waals surface area contributed by atoms with Crippen molar-refractivity contribution in [2.24, 2.45) is 0 Å². The van der Waals surface area contributed by atoms with Gasteiger partial charge >= 0.3 is 6.03 Å². The number of carbonyl (C=O) groups excluding carboxylic acids is 1. The molecule has 0 aliphatic carbocycles. The van der Waals surface area contributed by atoms with Gasteiger partial charge in [0, 0.05) is 25.8 Å². The summed E-state index contributed by atoms with van der Waals surface area (Å²) in [5.74, 6) is 0.619. The van der Waals surface area contributed by atoms with Crippen molar-refractivity contribution >= 4 is 27.4 Å². The first kappa shape index (κ1) is 17.8. The summed E-state index contributed by atoms with van der Waals surface area (Å²) in [6, 6.07) is 4.70. The van der Waals surface area contributed by atoms with Crippen LogP contribution in [0.25, 0.3) is 0 Å². The molecule has 0 unspecified atom stereocenters. The summed E-state index contributed by atoms with van der Waals surface area (Å²) in [6.07, 6.45) is 2.15. The van der Waals surface area contributed by atoms with Crippen LogP contribution in [0, 0.1) is 0 Å². The van der Waals surface area contributed by atoms with Crippen LogP contribution < -0.4 is 19.7 Å². The van der Waals surface area contributed by atoms with Gasteiger partial charge in [-0.15, -0.1) is 0 Å². The number of hydrogen-bond donors (Lipinski definition) is 2. The Hall–Kier alpha value is -2.00. The lowest BCUT2D eigenvalue weighted by atomic mass is 10.1. The van der Waals surface area contributed by atoms with Crippen LogP contribution in [0.5, 0.6) is 5.75 Å². The number of rotatable bonds is 4. The molecule has 2 aliphatic heterocycles. The number of urea groups is 1. The Kier molecular flexibility index (Phi) is 5.33. The molecule has 138 valence electrons. The maximum Gasteiger partial charge on any atom is 0.319 e. The quantitative estimate of drug-likeness (QED) is 0.839. The number of carbonyl (C=O) groups is 1. The molecule has 2 saturated heterocycles. The third kappa shape index (κ3) is 4.16. The standard InChI is InChI=1S/C16H23N3O5S/c1-23-15-4-3-13(19-7-2-10-25(19,21)22)11-14(15)18-16(20)17-12-5-8-24-9-6-12/h3-4,11-12H,2,5-10H2,1H3,(H2,17,18,20). The summed E-state index contributed by atoms with van der Waals surface area (Å²) in [5.41, 5.74) is 0.964. The third-order valence-corrected chi connectivity index (χ3v) is 6.24. The number of anilines is 2. The first-order valence-electron chi connectivity index (χ1n) is 8.33. The van der Waals surface area contributed by atoms with Gasteiger partial charge in [0.15, 0.2) is 0 Å². The molecular weight excluding hydrogens is 346 g/mol. The molecule has 2 N–H and O–H groups in total. The molecule has 0 radical (unpaired) electrons. The minimum atomic E-state index is -3.28.